The van der Waals surface area contributed by atoms with E-state index in [1.807, 2.05) is 4.90 Å². The van der Waals surface area contributed by atoms with Crippen LogP contribution in [0.5, 0.6) is 0 Å². The largest absolute Gasteiger partial charge is 0.341 e. The predicted octanol–water partition coefficient (Wildman–Crippen LogP) is 6.86. The number of piperidine rings is 2. The lowest BCUT2D eigenvalue weighted by Gasteiger charge is -2.41. The lowest BCUT2D eigenvalue weighted by Crippen LogP contribution is -2.48. The fraction of sp³-hybridized carbons (Fsp3) is 0.316. The van der Waals surface area contributed by atoms with E-state index >= 15 is 0 Å². The zero-order valence-electron chi connectivity index (χ0n) is 30.1. The number of hydrogen-bond donors (Lipinski definition) is 0. The first-order valence-corrected chi connectivity index (χ1v) is 20.0. The van der Waals surface area contributed by atoms with Crippen LogP contribution in [0, 0.1) is 29.2 Å². The Morgan fingerprint density at radius 1 is 0.643 bits per heavy atom. The van der Waals surface area contributed by atoms with Crippen molar-refractivity contribution in [3.05, 3.63) is 115 Å². The maximum Gasteiger partial charge on any atom is 0.256 e. The molecule has 2 saturated heterocycles. The quantitative estimate of drug-likeness (QED) is 0.104. The lowest BCUT2D eigenvalue weighted by atomic mass is 9.95. The highest BCUT2D eigenvalue weighted by atomic mass is 35.5. The molecule has 1 unspecified atom stereocenters. The number of para-hydroxylation sites is 2. The molecule has 2 fully saturated rings. The van der Waals surface area contributed by atoms with Crippen molar-refractivity contribution in [2.45, 2.75) is 43.8 Å². The SMILES string of the molecule is CC1CCN(C2CCN(c3nc(Cl)c4ccc(=O)n(-c5c(F)cccc5F)c4n3)CC2)CC1.CS(=O)c1nc(Cl)c2ccc(=O)n(-c3c(F)cccc3F)c2n1. The van der Waals surface area contributed by atoms with Gasteiger partial charge in [-0.2, -0.15) is 4.98 Å². The van der Waals surface area contributed by atoms with Crippen LogP contribution in [0.4, 0.5) is 23.5 Å². The fourth-order valence-corrected chi connectivity index (χ4v) is 7.99. The average molecular weight is 830 g/mol. The van der Waals surface area contributed by atoms with E-state index in [0.29, 0.717) is 17.4 Å². The molecule has 8 rings (SSSR count). The summed E-state index contributed by atoms with van der Waals surface area (Å²) in [6.45, 7) is 6.11. The number of hydrogen-bond acceptors (Lipinski definition) is 9. The molecule has 2 aliphatic heterocycles. The van der Waals surface area contributed by atoms with E-state index in [-0.39, 0.29) is 32.1 Å². The van der Waals surface area contributed by atoms with E-state index in [2.05, 4.69) is 31.8 Å². The highest BCUT2D eigenvalue weighted by molar-refractivity contribution is 7.84. The van der Waals surface area contributed by atoms with Gasteiger partial charge in [0.25, 0.3) is 11.1 Å². The third-order valence-electron chi connectivity index (χ3n) is 10.0. The van der Waals surface area contributed by atoms with Gasteiger partial charge < -0.3 is 9.80 Å². The van der Waals surface area contributed by atoms with Crippen molar-refractivity contribution >= 4 is 62.0 Å². The van der Waals surface area contributed by atoms with Gasteiger partial charge >= 0.3 is 0 Å². The van der Waals surface area contributed by atoms with Crippen molar-refractivity contribution in [3.63, 3.8) is 0 Å². The highest BCUT2D eigenvalue weighted by Gasteiger charge is 2.29. The van der Waals surface area contributed by atoms with E-state index in [9.17, 15) is 31.4 Å². The zero-order valence-corrected chi connectivity index (χ0v) is 32.4. The third-order valence-corrected chi connectivity index (χ3v) is 11.3. The van der Waals surface area contributed by atoms with Crippen molar-refractivity contribution in [1.29, 1.82) is 0 Å². The van der Waals surface area contributed by atoms with Gasteiger partial charge in [0.05, 0.1) is 21.6 Å². The van der Waals surface area contributed by atoms with Gasteiger partial charge in [-0.05, 0) is 81.1 Å². The van der Waals surface area contributed by atoms with E-state index in [1.54, 1.807) is 0 Å². The number of benzene rings is 2. The maximum atomic E-state index is 14.6. The molecule has 2 aliphatic rings. The Balaban J connectivity index is 0.000000183. The molecule has 1 atom stereocenters. The molecule has 18 heteroatoms. The summed E-state index contributed by atoms with van der Waals surface area (Å²) < 4.78 is 70.5. The Bertz CT molecular complexity index is 2570. The molecule has 0 spiro atoms. The van der Waals surface area contributed by atoms with Crippen molar-refractivity contribution in [2.75, 3.05) is 37.3 Å². The molecule has 56 heavy (non-hydrogen) atoms. The van der Waals surface area contributed by atoms with Crippen LogP contribution in [0.15, 0.2) is 75.4 Å². The molecule has 11 nitrogen and oxygen atoms in total. The van der Waals surface area contributed by atoms with Gasteiger partial charge in [0.1, 0.15) is 44.9 Å². The monoisotopic (exact) mass is 828 g/mol. The minimum Gasteiger partial charge on any atom is -0.341 e. The number of likely N-dealkylation sites (tertiary alicyclic amines) is 1. The summed E-state index contributed by atoms with van der Waals surface area (Å²) in [5.74, 6) is -2.40. The molecule has 0 radical (unpaired) electrons. The molecular formula is C38H34Cl2F4N8O3S. The van der Waals surface area contributed by atoms with Crippen LogP contribution in [0.2, 0.25) is 10.3 Å². The minimum atomic E-state index is -1.59. The number of aromatic nitrogens is 6. The van der Waals surface area contributed by atoms with Crippen LogP contribution in [-0.4, -0.2) is 76.7 Å². The average Bonchev–Trinajstić information content (AvgIpc) is 3.16. The molecule has 0 saturated carbocycles. The normalized spacial score (nSPS) is 16.2. The van der Waals surface area contributed by atoms with Gasteiger partial charge in [-0.15, -0.1) is 0 Å². The molecule has 2 aromatic carbocycles. The topological polar surface area (TPSA) is 119 Å². The van der Waals surface area contributed by atoms with Crippen LogP contribution in [0.3, 0.4) is 0 Å². The number of nitrogens with zero attached hydrogens (tertiary/aromatic N) is 8. The van der Waals surface area contributed by atoms with Gasteiger partial charge in [-0.1, -0.05) is 42.3 Å². The Kier molecular flexibility index (Phi) is 11.5. The number of anilines is 1. The first-order chi connectivity index (χ1) is 26.8. The van der Waals surface area contributed by atoms with Crippen LogP contribution >= 0.6 is 23.2 Å². The second-order valence-corrected chi connectivity index (χ2v) is 15.6. The second-order valence-electron chi connectivity index (χ2n) is 13.6. The lowest BCUT2D eigenvalue weighted by molar-refractivity contribution is 0.120. The summed E-state index contributed by atoms with van der Waals surface area (Å²) in [4.78, 5) is 46.4. The summed E-state index contributed by atoms with van der Waals surface area (Å²) in [6.07, 6.45) is 5.78. The third kappa shape index (κ3) is 7.79. The molecular weight excluding hydrogens is 795 g/mol. The van der Waals surface area contributed by atoms with E-state index in [1.165, 1.54) is 49.4 Å². The Hall–Kier alpha value is -4.77. The summed E-state index contributed by atoms with van der Waals surface area (Å²) in [5.41, 5.74) is -2.37. The van der Waals surface area contributed by atoms with Gasteiger partial charge in [0, 0.05) is 37.5 Å². The molecule has 4 aromatic heterocycles. The molecule has 0 bridgehead atoms. The first kappa shape index (κ1) is 39.5. The van der Waals surface area contributed by atoms with Gasteiger partial charge in [-0.3, -0.25) is 22.9 Å². The minimum absolute atomic E-state index is 0.0642. The molecule has 0 N–H and O–H groups in total. The van der Waals surface area contributed by atoms with E-state index in [0.717, 1.165) is 84.4 Å². The molecule has 6 aromatic rings. The van der Waals surface area contributed by atoms with Crippen molar-refractivity contribution in [1.82, 2.24) is 34.0 Å². The van der Waals surface area contributed by atoms with E-state index < -0.39 is 56.6 Å². The van der Waals surface area contributed by atoms with Crippen molar-refractivity contribution in [2.24, 2.45) is 5.92 Å². The zero-order chi connectivity index (χ0) is 39.8. The van der Waals surface area contributed by atoms with Gasteiger partial charge in [-0.25, -0.2) is 32.5 Å². The van der Waals surface area contributed by atoms with Crippen LogP contribution in [-0.2, 0) is 10.8 Å². The standard InChI is InChI=1S/C24H26ClF2N5O.C14H8ClF2N3O2S/c1-15-7-11-30(12-8-15)16-9-13-31(14-10-16)24-28-22(25)17-5-6-20(33)32(23(17)29-24)21-18(26)3-2-4-19(21)27;1-23(22)14-18-12(15)7-5-6-10(21)20(13(7)19-14)11-8(16)3-2-4-9(11)17/h2-6,15-16H,7-14H2,1H3;2-6H,1H3. The Morgan fingerprint density at radius 2 is 1.11 bits per heavy atom. The molecule has 0 amide bonds. The molecule has 6 heterocycles. The Morgan fingerprint density at radius 3 is 1.59 bits per heavy atom. The van der Waals surface area contributed by atoms with Gasteiger partial charge in [0.2, 0.25) is 11.1 Å². The molecule has 292 valence electrons. The van der Waals surface area contributed by atoms with E-state index in [4.69, 9.17) is 23.2 Å². The highest BCUT2D eigenvalue weighted by Crippen LogP contribution is 2.30. The van der Waals surface area contributed by atoms with Crippen LogP contribution in [0.25, 0.3) is 33.4 Å². The van der Waals surface area contributed by atoms with Crippen molar-refractivity contribution < 1.29 is 21.8 Å². The summed E-state index contributed by atoms with van der Waals surface area (Å²) in [7, 11) is -1.59. The predicted molar refractivity (Wildman–Crippen MR) is 208 cm³/mol. The number of fused-ring (bicyclic) bond motifs is 2. The molecule has 0 aliphatic carbocycles. The first-order valence-electron chi connectivity index (χ1n) is 17.7. The smallest absolute Gasteiger partial charge is 0.256 e. The maximum absolute atomic E-state index is 14.6. The van der Waals surface area contributed by atoms with Crippen molar-refractivity contribution in [3.8, 4) is 11.4 Å². The number of rotatable bonds is 5. The van der Waals surface area contributed by atoms with Gasteiger partial charge in [0.15, 0.2) is 11.3 Å². The summed E-state index contributed by atoms with van der Waals surface area (Å²) >= 11 is 12.5. The van der Waals surface area contributed by atoms with Crippen LogP contribution < -0.4 is 16.0 Å². The summed E-state index contributed by atoms with van der Waals surface area (Å²) in [5, 5.41) is 0.514. The Labute approximate surface area is 330 Å². The second kappa shape index (κ2) is 16.4. The fourth-order valence-electron chi connectivity index (χ4n) is 7.06. The number of pyridine rings is 2. The number of halogens is 6. The summed E-state index contributed by atoms with van der Waals surface area (Å²) in [6, 6.07) is 12.4. The van der Waals surface area contributed by atoms with Crippen LogP contribution in [0.1, 0.15) is 32.6 Å².